The molecule has 0 amide bonds. The molecule has 0 saturated carbocycles. The average Bonchev–Trinajstić information content (AvgIpc) is 2.98. The van der Waals surface area contributed by atoms with Crippen LogP contribution in [0.2, 0.25) is 0 Å². The highest BCUT2D eigenvalue weighted by atomic mass is 32.1. The maximum absolute atomic E-state index is 12.2. The summed E-state index contributed by atoms with van der Waals surface area (Å²) in [7, 11) is 0. The van der Waals surface area contributed by atoms with Crippen LogP contribution in [0.15, 0.2) is 58.7 Å². The van der Waals surface area contributed by atoms with Gasteiger partial charge >= 0.3 is 0 Å². The van der Waals surface area contributed by atoms with Crippen LogP contribution in [-0.2, 0) is 0 Å². The molecule has 0 atom stereocenters. The van der Waals surface area contributed by atoms with E-state index in [2.05, 4.69) is 9.97 Å². The summed E-state index contributed by atoms with van der Waals surface area (Å²) >= 11 is 1.52. The van der Waals surface area contributed by atoms with Crippen molar-refractivity contribution < 1.29 is 0 Å². The highest BCUT2D eigenvalue weighted by Gasteiger charge is 2.08. The molecule has 0 aliphatic carbocycles. The Bertz CT molecular complexity index is 971. The number of hydrogen-bond acceptors (Lipinski definition) is 3. The van der Waals surface area contributed by atoms with Crippen molar-refractivity contribution in [2.45, 2.75) is 0 Å². The summed E-state index contributed by atoms with van der Waals surface area (Å²) in [5.74, 6) is 0. The summed E-state index contributed by atoms with van der Waals surface area (Å²) in [6.45, 7) is 0. The molecule has 2 heterocycles. The van der Waals surface area contributed by atoms with Crippen molar-refractivity contribution in [3.63, 3.8) is 0 Å². The Morgan fingerprint density at radius 3 is 2.55 bits per heavy atom. The van der Waals surface area contributed by atoms with Crippen LogP contribution in [0.1, 0.15) is 0 Å². The van der Waals surface area contributed by atoms with Gasteiger partial charge in [0.25, 0.3) is 5.56 Å². The van der Waals surface area contributed by atoms with Crippen molar-refractivity contribution in [2.24, 2.45) is 0 Å². The fraction of sp³-hybridized carbons (Fsp3) is 0. The molecule has 2 aromatic carbocycles. The third kappa shape index (κ3) is 1.73. The van der Waals surface area contributed by atoms with E-state index >= 15 is 0 Å². The molecule has 0 aliphatic rings. The molecular formula is C16H10N2OS. The van der Waals surface area contributed by atoms with Gasteiger partial charge in [0, 0.05) is 0 Å². The predicted octanol–water partition coefficient (Wildman–Crippen LogP) is 3.80. The van der Waals surface area contributed by atoms with Gasteiger partial charge in [0.1, 0.15) is 5.69 Å². The number of hydrogen-bond donors (Lipinski definition) is 1. The molecule has 0 spiro atoms. The summed E-state index contributed by atoms with van der Waals surface area (Å²) in [5, 5.41) is 4.17. The lowest BCUT2D eigenvalue weighted by atomic mass is 10.1. The van der Waals surface area contributed by atoms with Gasteiger partial charge in [-0.2, -0.15) is 0 Å². The van der Waals surface area contributed by atoms with E-state index in [1.54, 1.807) is 0 Å². The van der Waals surface area contributed by atoms with E-state index in [4.69, 9.17) is 0 Å². The Labute approximate surface area is 118 Å². The van der Waals surface area contributed by atoms with E-state index in [1.807, 2.05) is 53.9 Å². The fourth-order valence-corrected chi connectivity index (χ4v) is 3.06. The first-order chi connectivity index (χ1) is 9.81. The van der Waals surface area contributed by atoms with Crippen molar-refractivity contribution in [1.82, 2.24) is 9.97 Å². The lowest BCUT2D eigenvalue weighted by Gasteiger charge is -2.03. The summed E-state index contributed by atoms with van der Waals surface area (Å²) in [6, 6.07) is 15.9. The van der Waals surface area contributed by atoms with Crippen molar-refractivity contribution in [2.75, 3.05) is 0 Å². The number of aromatic amines is 1. The van der Waals surface area contributed by atoms with Gasteiger partial charge in [-0.3, -0.25) is 4.79 Å². The van der Waals surface area contributed by atoms with E-state index in [0.717, 1.165) is 26.7 Å². The first-order valence-electron chi connectivity index (χ1n) is 6.28. The molecule has 1 N–H and O–H groups in total. The van der Waals surface area contributed by atoms with Crippen molar-refractivity contribution in [3.05, 3.63) is 64.3 Å². The molecule has 0 radical (unpaired) electrons. The molecule has 0 bridgehead atoms. The largest absolute Gasteiger partial charge is 0.319 e. The molecule has 0 saturated heterocycles. The number of nitrogens with one attached hydrogen (secondary N) is 1. The molecule has 4 heteroatoms. The lowest BCUT2D eigenvalue weighted by Crippen LogP contribution is -2.10. The summed E-state index contributed by atoms with van der Waals surface area (Å²) in [4.78, 5) is 20.5. The van der Waals surface area contributed by atoms with Crippen LogP contribution < -0.4 is 5.56 Å². The van der Waals surface area contributed by atoms with Gasteiger partial charge in [0.05, 0.1) is 15.9 Å². The first kappa shape index (κ1) is 11.4. The van der Waals surface area contributed by atoms with E-state index < -0.39 is 0 Å². The first-order valence-corrected chi connectivity index (χ1v) is 7.16. The Hall–Kier alpha value is -2.46. The highest BCUT2D eigenvalue weighted by Crippen LogP contribution is 2.23. The van der Waals surface area contributed by atoms with Crippen molar-refractivity contribution >= 4 is 33.1 Å². The zero-order chi connectivity index (χ0) is 13.5. The molecular weight excluding hydrogens is 268 g/mol. The van der Waals surface area contributed by atoms with Crippen LogP contribution >= 0.6 is 11.3 Å². The van der Waals surface area contributed by atoms with Crippen LogP contribution in [-0.4, -0.2) is 9.97 Å². The van der Waals surface area contributed by atoms with Gasteiger partial charge in [-0.25, -0.2) is 4.98 Å². The molecule has 0 aliphatic heterocycles. The Morgan fingerprint density at radius 2 is 1.80 bits per heavy atom. The van der Waals surface area contributed by atoms with E-state index in [-0.39, 0.29) is 5.56 Å². The molecule has 20 heavy (non-hydrogen) atoms. The topological polar surface area (TPSA) is 45.8 Å². The minimum atomic E-state index is -0.143. The maximum Gasteiger partial charge on any atom is 0.275 e. The van der Waals surface area contributed by atoms with Gasteiger partial charge in [-0.15, -0.1) is 11.3 Å². The van der Waals surface area contributed by atoms with Crippen LogP contribution in [0, 0.1) is 0 Å². The van der Waals surface area contributed by atoms with Crippen LogP contribution in [0.5, 0.6) is 0 Å². The normalized spacial score (nSPS) is 11.2. The van der Waals surface area contributed by atoms with E-state index in [0.29, 0.717) is 5.69 Å². The van der Waals surface area contributed by atoms with Gasteiger partial charge < -0.3 is 4.98 Å². The van der Waals surface area contributed by atoms with Crippen LogP contribution in [0.25, 0.3) is 32.4 Å². The molecule has 4 rings (SSSR count). The Morgan fingerprint density at radius 1 is 1.00 bits per heavy atom. The lowest BCUT2D eigenvalue weighted by molar-refractivity contribution is 1.23. The second-order valence-corrected chi connectivity index (χ2v) is 5.56. The monoisotopic (exact) mass is 278 g/mol. The molecule has 4 aromatic rings. The molecule has 0 fully saturated rings. The maximum atomic E-state index is 12.2. The SMILES string of the molecule is O=c1[nH]c2cc3ccccc3cc2nc1-c1cccs1. The van der Waals surface area contributed by atoms with Crippen molar-refractivity contribution in [1.29, 1.82) is 0 Å². The zero-order valence-corrected chi connectivity index (χ0v) is 11.3. The minimum Gasteiger partial charge on any atom is -0.319 e. The van der Waals surface area contributed by atoms with Gasteiger partial charge in [-0.05, 0) is 34.4 Å². The van der Waals surface area contributed by atoms with Crippen LogP contribution in [0.4, 0.5) is 0 Å². The third-order valence-electron chi connectivity index (χ3n) is 3.31. The highest BCUT2D eigenvalue weighted by molar-refractivity contribution is 7.13. The Kier molecular flexibility index (Phi) is 2.44. The standard InChI is InChI=1S/C16H10N2OS/c19-16-15(14-6-3-7-20-14)17-12-8-10-4-1-2-5-11(10)9-13(12)18-16/h1-9H,(H,18,19). The number of thiophene rings is 1. The second kappa shape index (κ2) is 4.28. The minimum absolute atomic E-state index is 0.143. The second-order valence-electron chi connectivity index (χ2n) is 4.61. The summed E-state index contributed by atoms with van der Waals surface area (Å²) < 4.78 is 0. The van der Waals surface area contributed by atoms with Crippen molar-refractivity contribution in [3.8, 4) is 10.6 Å². The van der Waals surface area contributed by atoms with Crippen LogP contribution in [0.3, 0.4) is 0 Å². The van der Waals surface area contributed by atoms with Gasteiger partial charge in [-0.1, -0.05) is 30.3 Å². The third-order valence-corrected chi connectivity index (χ3v) is 4.19. The number of H-pyrrole nitrogens is 1. The van der Waals surface area contributed by atoms with Gasteiger partial charge in [0.2, 0.25) is 0 Å². The van der Waals surface area contributed by atoms with E-state index in [9.17, 15) is 4.79 Å². The number of aromatic nitrogens is 2. The molecule has 96 valence electrons. The Balaban J connectivity index is 2.08. The molecule has 2 aromatic heterocycles. The summed E-state index contributed by atoms with van der Waals surface area (Å²) in [6.07, 6.45) is 0. The number of benzene rings is 2. The number of nitrogens with zero attached hydrogens (tertiary/aromatic N) is 1. The quantitative estimate of drug-likeness (QED) is 0.538. The zero-order valence-electron chi connectivity index (χ0n) is 10.5. The average molecular weight is 278 g/mol. The summed E-state index contributed by atoms with van der Waals surface area (Å²) in [5.41, 5.74) is 1.93. The number of rotatable bonds is 1. The van der Waals surface area contributed by atoms with Gasteiger partial charge in [0.15, 0.2) is 0 Å². The number of fused-ring (bicyclic) bond motifs is 2. The predicted molar refractivity (Wildman–Crippen MR) is 83.2 cm³/mol. The van der Waals surface area contributed by atoms with E-state index in [1.165, 1.54) is 11.3 Å². The molecule has 0 unspecified atom stereocenters. The fourth-order valence-electron chi connectivity index (χ4n) is 2.35. The smallest absolute Gasteiger partial charge is 0.275 e. The molecule has 3 nitrogen and oxygen atoms in total.